The molecule has 0 saturated carbocycles. The Morgan fingerprint density at radius 1 is 0.939 bits per heavy atom. The summed E-state index contributed by atoms with van der Waals surface area (Å²) in [5.41, 5.74) is 1.09. The minimum absolute atomic E-state index is 0.131. The summed E-state index contributed by atoms with van der Waals surface area (Å²) in [4.78, 5) is 25.2. The quantitative estimate of drug-likeness (QED) is 0.545. The molecule has 4 rings (SSSR count). The molecule has 0 bridgehead atoms. The lowest BCUT2D eigenvalue weighted by molar-refractivity contribution is -0.120. The van der Waals surface area contributed by atoms with Crippen LogP contribution in [0.3, 0.4) is 0 Å². The first-order valence-electron chi connectivity index (χ1n) is 10.3. The summed E-state index contributed by atoms with van der Waals surface area (Å²) in [6.07, 6.45) is 0.655. The number of carbonyl (C=O) groups is 2. The van der Waals surface area contributed by atoms with Crippen LogP contribution >= 0.6 is 11.3 Å². The summed E-state index contributed by atoms with van der Waals surface area (Å²) in [7, 11) is -3.95. The van der Waals surface area contributed by atoms with Gasteiger partial charge in [-0.3, -0.25) is 9.59 Å². The molecule has 1 aliphatic heterocycles. The van der Waals surface area contributed by atoms with Crippen LogP contribution in [0, 0.1) is 11.7 Å². The number of benzene rings is 2. The Bertz CT molecular complexity index is 1250. The van der Waals surface area contributed by atoms with Crippen LogP contribution in [0.4, 0.5) is 15.8 Å². The van der Waals surface area contributed by atoms with Gasteiger partial charge in [0, 0.05) is 30.4 Å². The first-order valence-corrected chi connectivity index (χ1v) is 12.7. The van der Waals surface area contributed by atoms with Crippen molar-refractivity contribution in [3.63, 3.8) is 0 Å². The van der Waals surface area contributed by atoms with E-state index in [1.807, 2.05) is 5.38 Å². The van der Waals surface area contributed by atoms with Crippen LogP contribution in [-0.4, -0.2) is 37.6 Å². The van der Waals surface area contributed by atoms with Gasteiger partial charge in [-0.05, 0) is 54.6 Å². The van der Waals surface area contributed by atoms with Gasteiger partial charge in [0.15, 0.2) is 0 Å². The molecule has 2 amide bonds. The Morgan fingerprint density at radius 3 is 2.30 bits per heavy atom. The van der Waals surface area contributed by atoms with Crippen LogP contribution < -0.4 is 10.6 Å². The molecule has 0 spiro atoms. The monoisotopic (exact) mass is 487 g/mol. The normalized spacial score (nSPS) is 15.2. The number of amides is 2. The topological polar surface area (TPSA) is 95.6 Å². The van der Waals surface area contributed by atoms with Crippen molar-refractivity contribution in [3.8, 4) is 0 Å². The number of nitrogens with one attached hydrogen (secondary N) is 2. The Balaban J connectivity index is 1.35. The summed E-state index contributed by atoms with van der Waals surface area (Å²) in [6.45, 7) is 0.261. The highest BCUT2D eigenvalue weighted by Crippen LogP contribution is 2.26. The van der Waals surface area contributed by atoms with Crippen molar-refractivity contribution in [2.24, 2.45) is 5.92 Å². The summed E-state index contributed by atoms with van der Waals surface area (Å²) in [5, 5.41) is 7.45. The second-order valence-electron chi connectivity index (χ2n) is 7.61. The van der Waals surface area contributed by atoms with Crippen LogP contribution in [0.1, 0.15) is 22.5 Å². The highest BCUT2D eigenvalue weighted by Gasteiger charge is 2.33. The molecule has 0 atom stereocenters. The zero-order valence-corrected chi connectivity index (χ0v) is 19.2. The Morgan fingerprint density at radius 2 is 1.64 bits per heavy atom. The molecule has 10 heteroatoms. The lowest BCUT2D eigenvalue weighted by Crippen LogP contribution is -2.41. The summed E-state index contributed by atoms with van der Waals surface area (Å²) in [6, 6.07) is 15.6. The summed E-state index contributed by atoms with van der Waals surface area (Å²) in [5.74, 6) is -1.61. The molecule has 7 nitrogen and oxygen atoms in total. The zero-order chi connectivity index (χ0) is 23.4. The molecule has 2 N–H and O–H groups in total. The number of hydrogen-bond acceptors (Lipinski definition) is 5. The van der Waals surface area contributed by atoms with Gasteiger partial charge in [0.1, 0.15) is 10.7 Å². The van der Waals surface area contributed by atoms with Gasteiger partial charge in [-0.2, -0.15) is 4.31 Å². The molecular formula is C23H22FN3O4S2. The second-order valence-corrected chi connectivity index (χ2v) is 10.5. The van der Waals surface area contributed by atoms with Gasteiger partial charge in [0.2, 0.25) is 15.9 Å². The molecule has 1 fully saturated rings. The van der Waals surface area contributed by atoms with Crippen LogP contribution in [0.25, 0.3) is 0 Å². The molecule has 0 aliphatic carbocycles. The molecule has 1 aliphatic rings. The Labute approximate surface area is 195 Å². The number of anilines is 2. The molecule has 2 aromatic carbocycles. The average Bonchev–Trinajstić information content (AvgIpc) is 3.35. The van der Waals surface area contributed by atoms with Gasteiger partial charge in [-0.15, -0.1) is 11.3 Å². The summed E-state index contributed by atoms with van der Waals surface area (Å²) < 4.78 is 40.7. The second kappa shape index (κ2) is 9.82. The minimum Gasteiger partial charge on any atom is -0.326 e. The largest absolute Gasteiger partial charge is 0.326 e. The third-order valence-corrected chi connectivity index (χ3v) is 8.21. The third kappa shape index (κ3) is 5.29. The SMILES string of the molecule is O=C(Nc1cccc(NC(=O)C2CCN(S(=O)(=O)c3ccccc3F)CC2)c1)c1cccs1. The van der Waals surface area contributed by atoms with Crippen LogP contribution in [0.5, 0.6) is 0 Å². The fourth-order valence-electron chi connectivity index (χ4n) is 3.67. The number of halogens is 1. The van der Waals surface area contributed by atoms with Gasteiger partial charge in [-0.1, -0.05) is 24.3 Å². The van der Waals surface area contributed by atoms with E-state index in [4.69, 9.17) is 0 Å². The van der Waals surface area contributed by atoms with E-state index < -0.39 is 15.8 Å². The van der Waals surface area contributed by atoms with Gasteiger partial charge >= 0.3 is 0 Å². The Hall–Kier alpha value is -3.08. The molecule has 0 unspecified atom stereocenters. The maximum Gasteiger partial charge on any atom is 0.265 e. The highest BCUT2D eigenvalue weighted by molar-refractivity contribution is 7.89. The number of carbonyl (C=O) groups excluding carboxylic acids is 2. The van der Waals surface area contributed by atoms with Crippen molar-refractivity contribution in [3.05, 3.63) is 76.7 Å². The molecule has 2 heterocycles. The number of nitrogens with zero attached hydrogens (tertiary/aromatic N) is 1. The maximum absolute atomic E-state index is 14.0. The molecule has 0 radical (unpaired) electrons. The molecular weight excluding hydrogens is 465 g/mol. The smallest absolute Gasteiger partial charge is 0.265 e. The van der Waals surface area contributed by atoms with E-state index in [0.29, 0.717) is 29.1 Å². The van der Waals surface area contributed by atoms with E-state index in [-0.39, 0.29) is 35.7 Å². The number of piperidine rings is 1. The van der Waals surface area contributed by atoms with E-state index >= 15 is 0 Å². The van der Waals surface area contributed by atoms with Crippen molar-refractivity contribution in [1.29, 1.82) is 0 Å². The molecule has 1 aromatic heterocycles. The highest BCUT2D eigenvalue weighted by atomic mass is 32.2. The maximum atomic E-state index is 14.0. The molecule has 1 saturated heterocycles. The van der Waals surface area contributed by atoms with Gasteiger partial charge in [-0.25, -0.2) is 12.8 Å². The Kier molecular flexibility index (Phi) is 6.87. The van der Waals surface area contributed by atoms with E-state index in [2.05, 4.69) is 10.6 Å². The fourth-order valence-corrected chi connectivity index (χ4v) is 5.82. The van der Waals surface area contributed by atoms with E-state index in [9.17, 15) is 22.4 Å². The number of sulfonamides is 1. The van der Waals surface area contributed by atoms with Crippen LogP contribution in [0.2, 0.25) is 0 Å². The summed E-state index contributed by atoms with van der Waals surface area (Å²) >= 11 is 1.34. The van der Waals surface area contributed by atoms with Crippen molar-refractivity contribution < 1.29 is 22.4 Å². The first kappa shape index (κ1) is 23.1. The standard InChI is InChI=1S/C23H22FN3O4S2/c24-19-7-1-2-9-21(19)33(30,31)27-12-10-16(11-13-27)22(28)25-17-5-3-6-18(15-17)26-23(29)20-8-4-14-32-20/h1-9,14-16H,10-13H2,(H,25,28)(H,26,29). The van der Waals surface area contributed by atoms with Crippen LogP contribution in [-0.2, 0) is 14.8 Å². The van der Waals surface area contributed by atoms with E-state index in [0.717, 1.165) is 6.07 Å². The number of thiophene rings is 1. The predicted octanol–water partition coefficient (Wildman–Crippen LogP) is 4.18. The van der Waals surface area contributed by atoms with E-state index in [1.165, 1.54) is 33.8 Å². The zero-order valence-electron chi connectivity index (χ0n) is 17.5. The lowest BCUT2D eigenvalue weighted by Gasteiger charge is -2.30. The van der Waals surface area contributed by atoms with Gasteiger partial charge < -0.3 is 10.6 Å². The van der Waals surface area contributed by atoms with Gasteiger partial charge in [0.25, 0.3) is 5.91 Å². The minimum atomic E-state index is -3.95. The predicted molar refractivity (Wildman–Crippen MR) is 125 cm³/mol. The van der Waals surface area contributed by atoms with Crippen molar-refractivity contribution in [2.45, 2.75) is 17.7 Å². The number of rotatable bonds is 6. The fraction of sp³-hybridized carbons (Fsp3) is 0.217. The first-order chi connectivity index (χ1) is 15.8. The molecule has 172 valence electrons. The van der Waals surface area contributed by atoms with Gasteiger partial charge in [0.05, 0.1) is 4.88 Å². The molecule has 3 aromatic rings. The van der Waals surface area contributed by atoms with Crippen molar-refractivity contribution in [1.82, 2.24) is 4.31 Å². The third-order valence-electron chi connectivity index (χ3n) is 5.41. The van der Waals surface area contributed by atoms with Crippen molar-refractivity contribution >= 4 is 44.5 Å². The van der Waals surface area contributed by atoms with E-state index in [1.54, 1.807) is 36.4 Å². The van der Waals surface area contributed by atoms with Crippen LogP contribution in [0.15, 0.2) is 70.9 Å². The number of hydrogen-bond donors (Lipinski definition) is 2. The van der Waals surface area contributed by atoms with Crippen molar-refractivity contribution in [2.75, 3.05) is 23.7 Å². The lowest BCUT2D eigenvalue weighted by atomic mass is 9.97. The molecule has 33 heavy (non-hydrogen) atoms. The average molecular weight is 488 g/mol.